The number of halogens is 2. The topological polar surface area (TPSA) is 49.6 Å². The lowest BCUT2D eigenvalue weighted by Crippen LogP contribution is -2.49. The second-order valence-electron chi connectivity index (χ2n) is 5.80. The summed E-state index contributed by atoms with van der Waals surface area (Å²) >= 11 is 0. The smallest absolute Gasteiger partial charge is 0.239 e. The van der Waals surface area contributed by atoms with Gasteiger partial charge in [0.1, 0.15) is 0 Å². The van der Waals surface area contributed by atoms with Crippen LogP contribution in [0.3, 0.4) is 0 Å². The molecule has 19 heavy (non-hydrogen) atoms. The number of hydrogen-bond donors (Lipinski definition) is 1. The molecule has 0 spiro atoms. The minimum absolute atomic E-state index is 0. The molecule has 1 amide bonds. The minimum Gasteiger partial charge on any atom is -0.341 e. The number of carbonyl (C=O) groups is 1. The van der Waals surface area contributed by atoms with E-state index in [1.54, 1.807) is 0 Å². The molecule has 1 unspecified atom stereocenters. The lowest BCUT2D eigenvalue weighted by Gasteiger charge is -2.35. The maximum absolute atomic E-state index is 12.1. The van der Waals surface area contributed by atoms with Gasteiger partial charge in [-0.1, -0.05) is 13.8 Å². The van der Waals surface area contributed by atoms with E-state index in [9.17, 15) is 4.79 Å². The zero-order valence-corrected chi connectivity index (χ0v) is 14.1. The first-order valence-corrected chi connectivity index (χ1v) is 6.61. The molecule has 1 fully saturated rings. The zero-order chi connectivity index (χ0) is 13.0. The van der Waals surface area contributed by atoms with Crippen LogP contribution in [0.4, 0.5) is 0 Å². The van der Waals surface area contributed by atoms with E-state index in [2.05, 4.69) is 19.0 Å². The van der Waals surface area contributed by atoms with Gasteiger partial charge in [-0.2, -0.15) is 0 Å². The van der Waals surface area contributed by atoms with Gasteiger partial charge in [-0.25, -0.2) is 0 Å². The van der Waals surface area contributed by atoms with E-state index < -0.39 is 0 Å². The zero-order valence-electron chi connectivity index (χ0n) is 12.5. The second kappa shape index (κ2) is 9.81. The average Bonchev–Trinajstić information content (AvgIpc) is 2.27. The molecule has 1 saturated heterocycles. The summed E-state index contributed by atoms with van der Waals surface area (Å²) in [4.78, 5) is 16.2. The minimum atomic E-state index is -0.333. The normalized spacial score (nSPS) is 17.9. The predicted molar refractivity (Wildman–Crippen MR) is 85.2 cm³/mol. The highest BCUT2D eigenvalue weighted by Gasteiger charge is 2.27. The monoisotopic (exact) mass is 313 g/mol. The van der Waals surface area contributed by atoms with Gasteiger partial charge in [0, 0.05) is 19.6 Å². The first-order chi connectivity index (χ1) is 7.91. The molecule has 6 heteroatoms. The van der Waals surface area contributed by atoms with E-state index in [4.69, 9.17) is 5.73 Å². The van der Waals surface area contributed by atoms with Crippen LogP contribution in [-0.2, 0) is 4.79 Å². The van der Waals surface area contributed by atoms with Crippen molar-refractivity contribution in [3.63, 3.8) is 0 Å². The Morgan fingerprint density at radius 2 is 1.74 bits per heavy atom. The molecule has 1 rings (SSSR count). The van der Waals surface area contributed by atoms with Crippen molar-refractivity contribution >= 4 is 30.7 Å². The van der Waals surface area contributed by atoms with Crippen LogP contribution in [0.5, 0.6) is 0 Å². The van der Waals surface area contributed by atoms with Crippen molar-refractivity contribution in [2.24, 2.45) is 17.6 Å². The quantitative estimate of drug-likeness (QED) is 0.858. The van der Waals surface area contributed by atoms with Crippen LogP contribution in [-0.4, -0.2) is 55.5 Å². The van der Waals surface area contributed by atoms with Gasteiger partial charge in [-0.05, 0) is 38.8 Å². The van der Waals surface area contributed by atoms with Crippen molar-refractivity contribution < 1.29 is 4.79 Å². The highest BCUT2D eigenvalue weighted by molar-refractivity contribution is 5.85. The summed E-state index contributed by atoms with van der Waals surface area (Å²) in [6, 6.07) is -0.333. The highest BCUT2D eigenvalue weighted by atomic mass is 35.5. The van der Waals surface area contributed by atoms with Crippen LogP contribution in [0.25, 0.3) is 0 Å². The maximum atomic E-state index is 12.1. The molecule has 116 valence electrons. The first kappa shape index (κ1) is 21.3. The standard InChI is InChI=1S/C13H27N3O.2ClH/c1-10(2)12(14)13(17)16-7-5-11(6-8-16)9-15(3)4;;/h10-12H,5-9,14H2,1-4H3;2*1H. The van der Waals surface area contributed by atoms with E-state index in [1.807, 2.05) is 18.7 Å². The fourth-order valence-electron chi connectivity index (χ4n) is 2.35. The number of likely N-dealkylation sites (tertiary alicyclic amines) is 1. The number of nitrogens with zero attached hydrogens (tertiary/aromatic N) is 2. The molecular weight excluding hydrogens is 285 g/mol. The number of hydrogen-bond acceptors (Lipinski definition) is 3. The summed E-state index contributed by atoms with van der Waals surface area (Å²) in [6.45, 7) is 6.87. The van der Waals surface area contributed by atoms with Crippen LogP contribution >= 0.6 is 24.8 Å². The van der Waals surface area contributed by atoms with Gasteiger partial charge in [0.15, 0.2) is 0 Å². The molecule has 4 nitrogen and oxygen atoms in total. The van der Waals surface area contributed by atoms with Crippen LogP contribution in [0.2, 0.25) is 0 Å². The summed E-state index contributed by atoms with van der Waals surface area (Å²) in [6.07, 6.45) is 2.21. The van der Waals surface area contributed by atoms with Gasteiger partial charge >= 0.3 is 0 Å². The molecule has 0 aromatic carbocycles. The van der Waals surface area contributed by atoms with E-state index in [1.165, 1.54) is 0 Å². The molecule has 0 radical (unpaired) electrons. The van der Waals surface area contributed by atoms with Gasteiger partial charge in [0.25, 0.3) is 0 Å². The maximum Gasteiger partial charge on any atom is 0.239 e. The Morgan fingerprint density at radius 3 is 2.11 bits per heavy atom. The average molecular weight is 314 g/mol. The molecular formula is C13H29Cl2N3O. The van der Waals surface area contributed by atoms with Crippen LogP contribution in [0, 0.1) is 11.8 Å². The number of piperidine rings is 1. The third kappa shape index (κ3) is 6.80. The summed E-state index contributed by atoms with van der Waals surface area (Å²) in [5.41, 5.74) is 5.91. The van der Waals surface area contributed by atoms with E-state index in [0.717, 1.165) is 38.4 Å². The summed E-state index contributed by atoms with van der Waals surface area (Å²) in [7, 11) is 4.21. The Kier molecular flexibility index (Phi) is 11.0. The Hall–Kier alpha value is -0.0300. The molecule has 2 N–H and O–H groups in total. The molecule has 0 bridgehead atoms. The SMILES string of the molecule is CC(C)C(N)C(=O)N1CCC(CN(C)C)CC1.Cl.Cl. The molecule has 1 heterocycles. The highest BCUT2D eigenvalue weighted by Crippen LogP contribution is 2.19. The number of amides is 1. The van der Waals surface area contributed by atoms with Crippen molar-refractivity contribution in [1.82, 2.24) is 9.80 Å². The van der Waals surface area contributed by atoms with Crippen molar-refractivity contribution in [2.75, 3.05) is 33.7 Å². The molecule has 1 aliphatic rings. The summed E-state index contributed by atoms with van der Waals surface area (Å²) in [5, 5.41) is 0. The van der Waals surface area contributed by atoms with Crippen LogP contribution in [0.1, 0.15) is 26.7 Å². The van der Waals surface area contributed by atoms with Crippen molar-refractivity contribution in [1.29, 1.82) is 0 Å². The van der Waals surface area contributed by atoms with Gasteiger partial charge < -0.3 is 15.5 Å². The Morgan fingerprint density at radius 1 is 1.26 bits per heavy atom. The number of rotatable bonds is 4. The Bertz CT molecular complexity index is 254. The van der Waals surface area contributed by atoms with Gasteiger partial charge in [0.2, 0.25) is 5.91 Å². The van der Waals surface area contributed by atoms with Gasteiger partial charge in [-0.3, -0.25) is 4.79 Å². The number of nitrogens with two attached hydrogens (primary N) is 1. The number of carbonyl (C=O) groups excluding carboxylic acids is 1. The Balaban J connectivity index is 0. The second-order valence-corrected chi connectivity index (χ2v) is 5.80. The third-order valence-corrected chi connectivity index (χ3v) is 3.55. The van der Waals surface area contributed by atoms with Crippen molar-refractivity contribution in [3.8, 4) is 0 Å². The first-order valence-electron chi connectivity index (χ1n) is 6.61. The molecule has 1 aliphatic heterocycles. The largest absolute Gasteiger partial charge is 0.341 e. The van der Waals surface area contributed by atoms with Gasteiger partial charge in [-0.15, -0.1) is 24.8 Å². The molecule has 0 aromatic rings. The lowest BCUT2D eigenvalue weighted by atomic mass is 9.95. The van der Waals surface area contributed by atoms with Crippen molar-refractivity contribution in [2.45, 2.75) is 32.7 Å². The fourth-order valence-corrected chi connectivity index (χ4v) is 2.35. The van der Waals surface area contributed by atoms with Crippen LogP contribution in [0.15, 0.2) is 0 Å². The summed E-state index contributed by atoms with van der Waals surface area (Å²) < 4.78 is 0. The lowest BCUT2D eigenvalue weighted by molar-refractivity contribution is -0.135. The molecule has 0 saturated carbocycles. The van der Waals surface area contributed by atoms with Crippen molar-refractivity contribution in [3.05, 3.63) is 0 Å². The van der Waals surface area contributed by atoms with E-state index in [-0.39, 0.29) is 42.7 Å². The predicted octanol–water partition coefficient (Wildman–Crippen LogP) is 1.61. The van der Waals surface area contributed by atoms with E-state index >= 15 is 0 Å². The summed E-state index contributed by atoms with van der Waals surface area (Å²) in [5.74, 6) is 1.08. The van der Waals surface area contributed by atoms with E-state index in [0.29, 0.717) is 0 Å². The molecule has 0 aliphatic carbocycles. The van der Waals surface area contributed by atoms with Gasteiger partial charge in [0.05, 0.1) is 6.04 Å². The molecule has 1 atom stereocenters. The third-order valence-electron chi connectivity index (χ3n) is 3.55. The fraction of sp³-hybridized carbons (Fsp3) is 0.923. The Labute approximate surface area is 129 Å². The van der Waals surface area contributed by atoms with Crippen LogP contribution < -0.4 is 5.73 Å². The molecule has 0 aromatic heterocycles.